The molecule has 1 unspecified atom stereocenters. The summed E-state index contributed by atoms with van der Waals surface area (Å²) in [7, 11) is 0. The fraction of sp³-hybridized carbons (Fsp3) is 0.333. The maximum Gasteiger partial charge on any atom is 0.138 e. The quantitative estimate of drug-likeness (QED) is 0.770. The molecule has 0 aliphatic carbocycles. The van der Waals surface area contributed by atoms with Crippen molar-refractivity contribution in [2.45, 2.75) is 32.4 Å². The van der Waals surface area contributed by atoms with Crippen LogP contribution in [0.4, 0.5) is 0 Å². The Labute approximate surface area is 137 Å². The minimum atomic E-state index is 0.182. The van der Waals surface area contributed by atoms with Crippen LogP contribution in [0, 0.1) is 0 Å². The minimum absolute atomic E-state index is 0.182. The minimum Gasteiger partial charge on any atom is -0.487 e. The van der Waals surface area contributed by atoms with Gasteiger partial charge in [-0.15, -0.1) is 11.3 Å². The van der Waals surface area contributed by atoms with Crippen LogP contribution in [0.15, 0.2) is 34.1 Å². The zero-order valence-corrected chi connectivity index (χ0v) is 14.4. The summed E-state index contributed by atoms with van der Waals surface area (Å²) in [5, 5.41) is 2.68. The molecule has 20 heavy (non-hydrogen) atoms. The summed E-state index contributed by atoms with van der Waals surface area (Å²) in [4.78, 5) is 1.16. The van der Waals surface area contributed by atoms with Gasteiger partial charge in [-0.25, -0.2) is 0 Å². The molecule has 0 aliphatic heterocycles. The van der Waals surface area contributed by atoms with Crippen molar-refractivity contribution < 1.29 is 4.74 Å². The third-order valence-corrected chi connectivity index (χ3v) is 4.98. The first-order valence-electron chi connectivity index (χ1n) is 6.48. The Morgan fingerprint density at radius 1 is 1.40 bits per heavy atom. The Kier molecular flexibility index (Phi) is 5.90. The van der Waals surface area contributed by atoms with E-state index >= 15 is 0 Å². The molecule has 1 heterocycles. The predicted octanol–water partition coefficient (Wildman–Crippen LogP) is 5.02. The first-order valence-corrected chi connectivity index (χ1v) is 8.53. The number of nitrogens with two attached hydrogens (primary N) is 1. The molecule has 0 saturated carbocycles. The number of ether oxygens (including phenoxy) is 1. The Hall–Kier alpha value is -0.550. The van der Waals surface area contributed by atoms with Crippen molar-refractivity contribution in [3.05, 3.63) is 49.6 Å². The summed E-state index contributed by atoms with van der Waals surface area (Å²) in [6.45, 7) is 2.62. The van der Waals surface area contributed by atoms with Crippen LogP contribution in [0.2, 0.25) is 5.02 Å². The van der Waals surface area contributed by atoms with E-state index in [0.29, 0.717) is 17.4 Å². The number of hydrogen-bond donors (Lipinski definition) is 1. The van der Waals surface area contributed by atoms with E-state index in [2.05, 4.69) is 22.9 Å². The molecule has 1 atom stereocenters. The van der Waals surface area contributed by atoms with Crippen LogP contribution in [0.25, 0.3) is 0 Å². The molecule has 2 aromatic rings. The number of halogens is 2. The summed E-state index contributed by atoms with van der Waals surface area (Å²) in [6, 6.07) is 8.12. The van der Waals surface area contributed by atoms with Gasteiger partial charge in [-0.05, 0) is 52.5 Å². The van der Waals surface area contributed by atoms with Gasteiger partial charge in [0.15, 0.2) is 0 Å². The molecule has 108 valence electrons. The largest absolute Gasteiger partial charge is 0.487 e. The van der Waals surface area contributed by atoms with Gasteiger partial charge in [0.25, 0.3) is 0 Å². The van der Waals surface area contributed by atoms with Gasteiger partial charge in [0.1, 0.15) is 12.4 Å². The van der Waals surface area contributed by atoms with Gasteiger partial charge in [-0.1, -0.05) is 24.6 Å². The van der Waals surface area contributed by atoms with E-state index in [0.717, 1.165) is 27.8 Å². The lowest BCUT2D eigenvalue weighted by Gasteiger charge is -2.11. The monoisotopic (exact) mass is 373 g/mol. The molecular formula is C15H17BrClNOS. The molecule has 0 amide bonds. The molecule has 2 nitrogen and oxygen atoms in total. The Morgan fingerprint density at radius 2 is 2.20 bits per heavy atom. The van der Waals surface area contributed by atoms with Crippen molar-refractivity contribution in [1.82, 2.24) is 0 Å². The smallest absolute Gasteiger partial charge is 0.138 e. The van der Waals surface area contributed by atoms with Crippen molar-refractivity contribution in [3.63, 3.8) is 0 Å². The van der Waals surface area contributed by atoms with E-state index < -0.39 is 0 Å². The maximum atomic E-state index is 6.26. The molecule has 1 aromatic heterocycles. The van der Waals surface area contributed by atoms with Crippen LogP contribution >= 0.6 is 38.9 Å². The van der Waals surface area contributed by atoms with Crippen LogP contribution in [0.5, 0.6) is 5.75 Å². The van der Waals surface area contributed by atoms with Crippen molar-refractivity contribution in [1.29, 1.82) is 0 Å². The van der Waals surface area contributed by atoms with Gasteiger partial charge in [-0.3, -0.25) is 0 Å². The molecule has 0 spiro atoms. The highest BCUT2D eigenvalue weighted by atomic mass is 79.9. The molecule has 0 bridgehead atoms. The van der Waals surface area contributed by atoms with Gasteiger partial charge < -0.3 is 10.5 Å². The average Bonchev–Trinajstić information content (AvgIpc) is 2.83. The van der Waals surface area contributed by atoms with Gasteiger partial charge in [-0.2, -0.15) is 0 Å². The van der Waals surface area contributed by atoms with Gasteiger partial charge in [0.2, 0.25) is 0 Å². The molecule has 0 fully saturated rings. The summed E-state index contributed by atoms with van der Waals surface area (Å²) < 4.78 is 6.83. The van der Waals surface area contributed by atoms with E-state index in [1.165, 1.54) is 0 Å². The standard InChI is InChI=1S/C15H17BrClNOS/c1-2-12(18)5-10-3-4-15(14(17)6-10)19-8-13-7-11(16)9-20-13/h3-4,6-7,9,12H,2,5,8,18H2,1H3. The first-order chi connectivity index (χ1) is 9.58. The molecule has 2 rings (SSSR count). The Balaban J connectivity index is 1.98. The second-order valence-electron chi connectivity index (χ2n) is 4.66. The second-order valence-corrected chi connectivity index (χ2v) is 6.98. The highest BCUT2D eigenvalue weighted by Gasteiger charge is 2.07. The van der Waals surface area contributed by atoms with Gasteiger partial charge in [0, 0.05) is 20.8 Å². The first kappa shape index (κ1) is 15.8. The molecule has 0 saturated heterocycles. The molecule has 5 heteroatoms. The maximum absolute atomic E-state index is 6.26. The number of hydrogen-bond acceptors (Lipinski definition) is 3. The lowest BCUT2D eigenvalue weighted by atomic mass is 10.0. The lowest BCUT2D eigenvalue weighted by molar-refractivity contribution is 0.310. The molecule has 0 radical (unpaired) electrons. The Morgan fingerprint density at radius 3 is 2.80 bits per heavy atom. The van der Waals surface area contributed by atoms with Gasteiger partial charge >= 0.3 is 0 Å². The zero-order valence-electron chi connectivity index (χ0n) is 11.2. The second kappa shape index (κ2) is 7.46. The van der Waals surface area contributed by atoms with Crippen LogP contribution in [-0.2, 0) is 13.0 Å². The molecule has 0 aliphatic rings. The lowest BCUT2D eigenvalue weighted by Crippen LogP contribution is -2.21. The summed E-state index contributed by atoms with van der Waals surface area (Å²) >= 11 is 11.3. The zero-order chi connectivity index (χ0) is 14.5. The van der Waals surface area contributed by atoms with Crippen molar-refractivity contribution >= 4 is 38.9 Å². The number of rotatable bonds is 6. The van der Waals surface area contributed by atoms with Crippen LogP contribution < -0.4 is 10.5 Å². The van der Waals surface area contributed by atoms with Crippen molar-refractivity contribution in [3.8, 4) is 5.75 Å². The fourth-order valence-electron chi connectivity index (χ4n) is 1.81. The third-order valence-electron chi connectivity index (χ3n) is 3.01. The summed E-state index contributed by atoms with van der Waals surface area (Å²) in [6.07, 6.45) is 1.80. The van der Waals surface area contributed by atoms with Crippen molar-refractivity contribution in [2.24, 2.45) is 5.73 Å². The normalized spacial score (nSPS) is 12.4. The fourth-order valence-corrected chi connectivity index (χ4v) is 3.43. The van der Waals surface area contributed by atoms with E-state index in [-0.39, 0.29) is 6.04 Å². The molecule has 1 aromatic carbocycles. The molecule has 2 N–H and O–H groups in total. The topological polar surface area (TPSA) is 35.2 Å². The van der Waals surface area contributed by atoms with Crippen molar-refractivity contribution in [2.75, 3.05) is 0 Å². The summed E-state index contributed by atoms with van der Waals surface area (Å²) in [5.41, 5.74) is 7.10. The predicted molar refractivity (Wildman–Crippen MR) is 89.8 cm³/mol. The van der Waals surface area contributed by atoms with Crippen LogP contribution in [0.1, 0.15) is 23.8 Å². The van der Waals surface area contributed by atoms with Crippen LogP contribution in [0.3, 0.4) is 0 Å². The highest BCUT2D eigenvalue weighted by Crippen LogP contribution is 2.28. The summed E-state index contributed by atoms with van der Waals surface area (Å²) in [5.74, 6) is 0.713. The van der Waals surface area contributed by atoms with E-state index in [9.17, 15) is 0 Å². The Bertz CT molecular complexity index is 573. The number of benzene rings is 1. The third kappa shape index (κ3) is 4.48. The SMILES string of the molecule is CCC(N)Cc1ccc(OCc2cc(Br)cs2)c(Cl)c1. The van der Waals surface area contributed by atoms with E-state index in [1.54, 1.807) is 11.3 Å². The van der Waals surface area contributed by atoms with Crippen LogP contribution in [-0.4, -0.2) is 6.04 Å². The van der Waals surface area contributed by atoms with Gasteiger partial charge in [0.05, 0.1) is 5.02 Å². The van der Waals surface area contributed by atoms with E-state index in [1.807, 2.05) is 29.6 Å². The number of thiophene rings is 1. The molecular weight excluding hydrogens is 358 g/mol. The average molecular weight is 375 g/mol. The van der Waals surface area contributed by atoms with E-state index in [4.69, 9.17) is 22.1 Å². The highest BCUT2D eigenvalue weighted by molar-refractivity contribution is 9.10.